The molecule has 2 heterocycles. The monoisotopic (exact) mass is 629 g/mol. The summed E-state index contributed by atoms with van der Waals surface area (Å²) < 4.78 is 6.93. The van der Waals surface area contributed by atoms with E-state index in [2.05, 4.69) is 31.1 Å². The number of pyridine rings is 1. The highest BCUT2D eigenvalue weighted by Gasteiger charge is 2.55. The molecule has 0 bridgehead atoms. The standard InChI is InChI=1S/C28H29Cl2N7O4S/c1-3-41-26(40)20(13-16-7-9-17(10-8-16)32-25(39)21-18(29)14-31-15-19(21)30)33-23-22(42-27-34-35-36-37(27)2)24(38)28(23)11-5-4-6-12-28/h7-10,14-15,20,33H,3-6,11-13H2,1-2H3,(H,32,39)/t20-/m0/s1. The number of nitrogens with zero attached hydrogens (tertiary/aromatic N) is 5. The zero-order valence-electron chi connectivity index (χ0n) is 23.0. The second kappa shape index (κ2) is 12.8. The Labute approximate surface area is 256 Å². The number of benzene rings is 1. The smallest absolute Gasteiger partial charge is 0.328 e. The molecule has 0 unspecified atom stereocenters. The molecule has 1 spiro atoms. The number of nitrogens with one attached hydrogen (secondary N) is 2. The van der Waals surface area contributed by atoms with Gasteiger partial charge >= 0.3 is 5.97 Å². The molecule has 1 fully saturated rings. The highest BCUT2D eigenvalue weighted by atomic mass is 35.5. The number of allylic oxidation sites excluding steroid dienone is 2. The van der Waals surface area contributed by atoms with E-state index in [-0.39, 0.29) is 28.0 Å². The first kappa shape index (κ1) is 30.0. The van der Waals surface area contributed by atoms with Crippen molar-refractivity contribution in [2.45, 2.75) is 56.6 Å². The van der Waals surface area contributed by atoms with Crippen LogP contribution in [0, 0.1) is 5.41 Å². The molecule has 1 saturated carbocycles. The minimum absolute atomic E-state index is 0.0646. The maximum Gasteiger partial charge on any atom is 0.328 e. The Kier molecular flexibility index (Phi) is 9.14. The zero-order chi connectivity index (χ0) is 29.9. The van der Waals surface area contributed by atoms with Crippen molar-refractivity contribution >= 4 is 58.3 Å². The number of rotatable bonds is 10. The first-order chi connectivity index (χ1) is 20.2. The maximum atomic E-state index is 13.5. The van der Waals surface area contributed by atoms with Gasteiger partial charge in [0.1, 0.15) is 6.04 Å². The number of carbonyl (C=O) groups is 3. The SMILES string of the molecule is CCOC(=O)[C@H](Cc1ccc(NC(=O)c2c(Cl)cncc2Cl)cc1)NC1=C(Sc2nnnn2C)C(=O)C12CCCCC2. The Bertz CT molecular complexity index is 1520. The predicted octanol–water partition coefficient (Wildman–Crippen LogP) is 4.77. The van der Waals surface area contributed by atoms with E-state index in [1.54, 1.807) is 26.1 Å². The number of Topliss-reactive ketones (excluding diaryl/α,β-unsaturated/α-hetero) is 1. The van der Waals surface area contributed by atoms with Gasteiger partial charge in [0.2, 0.25) is 5.16 Å². The number of ether oxygens (including phenoxy) is 1. The van der Waals surface area contributed by atoms with Crippen LogP contribution in [0.15, 0.2) is 52.4 Å². The lowest BCUT2D eigenvalue weighted by Crippen LogP contribution is -2.54. The lowest BCUT2D eigenvalue weighted by atomic mass is 9.62. The molecule has 2 N–H and O–H groups in total. The summed E-state index contributed by atoms with van der Waals surface area (Å²) in [5.41, 5.74) is 1.61. The van der Waals surface area contributed by atoms with Crippen molar-refractivity contribution in [1.82, 2.24) is 30.5 Å². The Morgan fingerprint density at radius 1 is 1.12 bits per heavy atom. The molecule has 5 rings (SSSR count). The van der Waals surface area contributed by atoms with Crippen LogP contribution in [0.5, 0.6) is 0 Å². The molecule has 42 heavy (non-hydrogen) atoms. The summed E-state index contributed by atoms with van der Waals surface area (Å²) in [6, 6.07) is 6.36. The van der Waals surface area contributed by atoms with Gasteiger partial charge in [-0.2, -0.15) is 0 Å². The minimum atomic E-state index is -0.741. The van der Waals surface area contributed by atoms with E-state index in [1.165, 1.54) is 28.8 Å². The van der Waals surface area contributed by atoms with Crippen LogP contribution in [0.3, 0.4) is 0 Å². The predicted molar refractivity (Wildman–Crippen MR) is 158 cm³/mol. The van der Waals surface area contributed by atoms with Crippen molar-refractivity contribution in [3.05, 3.63) is 68.4 Å². The van der Waals surface area contributed by atoms with Crippen molar-refractivity contribution in [2.75, 3.05) is 11.9 Å². The van der Waals surface area contributed by atoms with Gasteiger partial charge in [-0.15, -0.1) is 5.10 Å². The quantitative estimate of drug-likeness (QED) is 0.301. The fourth-order valence-corrected chi connectivity index (χ4v) is 6.93. The third-order valence-electron chi connectivity index (χ3n) is 7.45. The van der Waals surface area contributed by atoms with Gasteiger partial charge in [0.15, 0.2) is 5.78 Å². The lowest BCUT2D eigenvalue weighted by molar-refractivity contribution is -0.146. The molecule has 14 heteroatoms. The van der Waals surface area contributed by atoms with Gasteiger partial charge in [-0.3, -0.25) is 14.6 Å². The van der Waals surface area contributed by atoms with Gasteiger partial charge < -0.3 is 15.4 Å². The number of carbonyl (C=O) groups excluding carboxylic acids is 3. The van der Waals surface area contributed by atoms with Gasteiger partial charge in [0.25, 0.3) is 5.91 Å². The second-order valence-corrected chi connectivity index (χ2v) is 11.9. The highest BCUT2D eigenvalue weighted by Crippen LogP contribution is 2.55. The summed E-state index contributed by atoms with van der Waals surface area (Å²) in [7, 11) is 1.71. The minimum Gasteiger partial charge on any atom is -0.464 e. The molecule has 1 atom stereocenters. The van der Waals surface area contributed by atoms with Gasteiger partial charge in [-0.05, 0) is 59.7 Å². The van der Waals surface area contributed by atoms with Gasteiger partial charge in [0.05, 0.1) is 32.5 Å². The number of tetrazole rings is 1. The van der Waals surface area contributed by atoms with Crippen molar-refractivity contribution < 1.29 is 19.1 Å². The third-order valence-corrected chi connectivity index (χ3v) is 9.15. The van der Waals surface area contributed by atoms with E-state index in [9.17, 15) is 14.4 Å². The molecule has 220 valence electrons. The van der Waals surface area contributed by atoms with E-state index in [1.807, 2.05) is 12.1 Å². The van der Waals surface area contributed by atoms with Crippen LogP contribution in [-0.4, -0.2) is 55.5 Å². The Balaban J connectivity index is 1.37. The summed E-state index contributed by atoms with van der Waals surface area (Å²) in [5.74, 6) is -0.817. The van der Waals surface area contributed by atoms with Crippen LogP contribution >= 0.6 is 35.0 Å². The number of aromatic nitrogens is 5. The molecule has 2 aromatic heterocycles. The van der Waals surface area contributed by atoms with Crippen LogP contribution in [0.25, 0.3) is 0 Å². The average Bonchev–Trinajstić information content (AvgIpc) is 3.39. The molecule has 2 aliphatic rings. The number of amides is 1. The molecule has 2 aliphatic carbocycles. The topological polar surface area (TPSA) is 141 Å². The van der Waals surface area contributed by atoms with E-state index >= 15 is 0 Å². The maximum absolute atomic E-state index is 13.5. The molecule has 3 aromatic rings. The lowest BCUT2D eigenvalue weighted by Gasteiger charge is -2.47. The summed E-state index contributed by atoms with van der Waals surface area (Å²) in [6.45, 7) is 1.97. The zero-order valence-corrected chi connectivity index (χ0v) is 25.4. The van der Waals surface area contributed by atoms with E-state index in [4.69, 9.17) is 27.9 Å². The van der Waals surface area contributed by atoms with Crippen molar-refractivity contribution in [2.24, 2.45) is 12.5 Å². The number of halogens is 2. The largest absolute Gasteiger partial charge is 0.464 e. The molecule has 11 nitrogen and oxygen atoms in total. The summed E-state index contributed by atoms with van der Waals surface area (Å²) in [4.78, 5) is 43.8. The Hall–Kier alpha value is -3.48. The number of aryl methyl sites for hydroxylation is 1. The number of hydrogen-bond acceptors (Lipinski definition) is 10. The number of ketones is 1. The fourth-order valence-electron chi connectivity index (χ4n) is 5.32. The first-order valence-electron chi connectivity index (χ1n) is 13.6. The number of esters is 1. The van der Waals surface area contributed by atoms with Crippen molar-refractivity contribution in [1.29, 1.82) is 0 Å². The summed E-state index contributed by atoms with van der Waals surface area (Å²) in [5, 5.41) is 18.5. The second-order valence-electron chi connectivity index (χ2n) is 10.1. The Morgan fingerprint density at radius 3 is 2.43 bits per heavy atom. The van der Waals surface area contributed by atoms with Crippen LogP contribution in [0.4, 0.5) is 5.69 Å². The molecular formula is C28H29Cl2N7O4S. The van der Waals surface area contributed by atoms with Crippen LogP contribution < -0.4 is 10.6 Å². The van der Waals surface area contributed by atoms with Crippen molar-refractivity contribution in [3.63, 3.8) is 0 Å². The number of anilines is 1. The molecular weight excluding hydrogens is 601 g/mol. The summed E-state index contributed by atoms with van der Waals surface area (Å²) >= 11 is 13.4. The highest BCUT2D eigenvalue weighted by molar-refractivity contribution is 8.04. The van der Waals surface area contributed by atoms with Crippen LogP contribution in [0.2, 0.25) is 10.0 Å². The number of hydrogen-bond donors (Lipinski definition) is 2. The molecule has 1 amide bonds. The van der Waals surface area contributed by atoms with E-state index in [0.29, 0.717) is 22.2 Å². The summed E-state index contributed by atoms with van der Waals surface area (Å²) in [6.07, 6.45) is 7.40. The normalized spacial score (nSPS) is 16.6. The molecule has 0 aliphatic heterocycles. The van der Waals surface area contributed by atoms with Crippen molar-refractivity contribution in [3.8, 4) is 0 Å². The van der Waals surface area contributed by atoms with Gasteiger partial charge in [-0.1, -0.05) is 54.6 Å². The van der Waals surface area contributed by atoms with Crippen LogP contribution in [0.1, 0.15) is 54.9 Å². The number of thioether (sulfide) groups is 1. The van der Waals surface area contributed by atoms with Crippen LogP contribution in [-0.2, 0) is 27.8 Å². The van der Waals surface area contributed by atoms with E-state index in [0.717, 1.165) is 43.4 Å². The average molecular weight is 631 g/mol. The van der Waals surface area contributed by atoms with Gasteiger partial charge in [-0.25, -0.2) is 9.48 Å². The molecule has 1 aromatic carbocycles. The van der Waals surface area contributed by atoms with E-state index < -0.39 is 23.3 Å². The molecule has 0 radical (unpaired) electrons. The van der Waals surface area contributed by atoms with Gasteiger partial charge in [0, 0.05) is 37.2 Å². The Morgan fingerprint density at radius 2 is 1.81 bits per heavy atom. The first-order valence-corrected chi connectivity index (χ1v) is 15.1. The fraction of sp³-hybridized carbons (Fsp3) is 0.393. The molecule has 0 saturated heterocycles. The third kappa shape index (κ3) is 6.02.